The summed E-state index contributed by atoms with van der Waals surface area (Å²) in [4.78, 5) is 11.5. The van der Waals surface area contributed by atoms with E-state index >= 15 is 0 Å². The topological polar surface area (TPSA) is 26.3 Å². The number of hydrogen-bond donors (Lipinski definition) is 0. The first kappa shape index (κ1) is 9.53. The number of ether oxygens (including phenoxy) is 1. The zero-order valence-corrected chi connectivity index (χ0v) is 8.46. The van der Waals surface area contributed by atoms with E-state index in [4.69, 9.17) is 16.3 Å². The molecule has 0 N–H and O–H groups in total. The third-order valence-electron chi connectivity index (χ3n) is 2.39. The molecule has 0 unspecified atom stereocenters. The van der Waals surface area contributed by atoms with Crippen LogP contribution in [0.15, 0.2) is 24.3 Å². The fraction of sp³-hybridized carbons (Fsp3) is 0.364. The van der Waals surface area contributed by atoms with E-state index in [1.54, 1.807) is 24.3 Å². The molecule has 0 amide bonds. The highest BCUT2D eigenvalue weighted by molar-refractivity contribution is 6.30. The number of carbonyl (C=O) groups excluding carboxylic acids is 1. The van der Waals surface area contributed by atoms with Crippen LogP contribution in [0.1, 0.15) is 29.6 Å². The van der Waals surface area contributed by atoms with Crippen molar-refractivity contribution < 1.29 is 9.53 Å². The molecule has 1 saturated carbocycles. The van der Waals surface area contributed by atoms with E-state index in [2.05, 4.69) is 0 Å². The third kappa shape index (κ3) is 2.07. The van der Waals surface area contributed by atoms with Gasteiger partial charge in [0.1, 0.15) is 6.10 Å². The Hall–Kier alpha value is -1.02. The van der Waals surface area contributed by atoms with E-state index in [1.807, 2.05) is 0 Å². The maximum atomic E-state index is 11.5. The van der Waals surface area contributed by atoms with Crippen LogP contribution in [0, 0.1) is 0 Å². The van der Waals surface area contributed by atoms with Crippen molar-refractivity contribution in [2.24, 2.45) is 0 Å². The highest BCUT2D eigenvalue weighted by Gasteiger charge is 2.22. The van der Waals surface area contributed by atoms with E-state index in [-0.39, 0.29) is 12.1 Å². The Bertz CT molecular complexity index is 345. The van der Waals surface area contributed by atoms with Gasteiger partial charge in [-0.1, -0.05) is 17.7 Å². The summed E-state index contributed by atoms with van der Waals surface area (Å²) >= 11 is 5.77. The maximum absolute atomic E-state index is 11.5. The standard InChI is InChI=1S/C11H11ClO2/c12-9-4-1-3-8(7-9)11(13)14-10-5-2-6-10/h1,3-4,7,10H,2,5-6H2. The van der Waals surface area contributed by atoms with Crippen molar-refractivity contribution in [3.05, 3.63) is 34.9 Å². The van der Waals surface area contributed by atoms with E-state index in [1.165, 1.54) is 0 Å². The Balaban J connectivity index is 2.02. The molecule has 0 spiro atoms. The van der Waals surface area contributed by atoms with Crippen LogP contribution in [0.4, 0.5) is 0 Å². The predicted octanol–water partition coefficient (Wildman–Crippen LogP) is 3.05. The van der Waals surface area contributed by atoms with Gasteiger partial charge in [-0.05, 0) is 37.5 Å². The molecule has 1 aliphatic carbocycles. The molecule has 14 heavy (non-hydrogen) atoms. The summed E-state index contributed by atoms with van der Waals surface area (Å²) in [7, 11) is 0. The molecule has 0 aliphatic heterocycles. The van der Waals surface area contributed by atoms with Crippen molar-refractivity contribution in [2.45, 2.75) is 25.4 Å². The monoisotopic (exact) mass is 210 g/mol. The van der Waals surface area contributed by atoms with Gasteiger partial charge in [0.2, 0.25) is 0 Å². The number of benzene rings is 1. The Kier molecular flexibility index (Phi) is 2.73. The Morgan fingerprint density at radius 2 is 2.21 bits per heavy atom. The van der Waals surface area contributed by atoms with Crippen LogP contribution in [-0.4, -0.2) is 12.1 Å². The summed E-state index contributed by atoms with van der Waals surface area (Å²) in [6, 6.07) is 6.83. The van der Waals surface area contributed by atoms with Crippen molar-refractivity contribution in [1.29, 1.82) is 0 Å². The highest BCUT2D eigenvalue weighted by atomic mass is 35.5. The SMILES string of the molecule is O=C(OC1CCC1)c1cccc(Cl)c1. The van der Waals surface area contributed by atoms with E-state index in [9.17, 15) is 4.79 Å². The summed E-state index contributed by atoms with van der Waals surface area (Å²) < 4.78 is 5.23. The first-order valence-corrected chi connectivity index (χ1v) is 5.10. The summed E-state index contributed by atoms with van der Waals surface area (Å²) in [6.07, 6.45) is 3.27. The molecule has 0 atom stereocenters. The van der Waals surface area contributed by atoms with Crippen LogP contribution in [0.25, 0.3) is 0 Å². The summed E-state index contributed by atoms with van der Waals surface area (Å²) in [5.41, 5.74) is 0.532. The summed E-state index contributed by atoms with van der Waals surface area (Å²) in [5, 5.41) is 0.563. The zero-order valence-electron chi connectivity index (χ0n) is 7.70. The van der Waals surface area contributed by atoms with E-state index in [0.29, 0.717) is 10.6 Å². The zero-order chi connectivity index (χ0) is 9.97. The minimum atomic E-state index is -0.266. The lowest BCUT2D eigenvalue weighted by molar-refractivity contribution is 0.00901. The minimum absolute atomic E-state index is 0.126. The molecule has 1 aromatic rings. The molecule has 3 heteroatoms. The van der Waals surface area contributed by atoms with E-state index < -0.39 is 0 Å². The van der Waals surface area contributed by atoms with Crippen molar-refractivity contribution >= 4 is 17.6 Å². The molecule has 0 aromatic heterocycles. The lowest BCUT2D eigenvalue weighted by Gasteiger charge is -2.25. The average molecular weight is 211 g/mol. The van der Waals surface area contributed by atoms with Crippen molar-refractivity contribution in [3.8, 4) is 0 Å². The first-order valence-electron chi connectivity index (χ1n) is 4.72. The average Bonchev–Trinajstić information content (AvgIpc) is 2.11. The summed E-state index contributed by atoms with van der Waals surface area (Å²) in [6.45, 7) is 0. The second-order valence-electron chi connectivity index (χ2n) is 3.47. The minimum Gasteiger partial charge on any atom is -0.459 e. The van der Waals surface area contributed by atoms with Crippen LogP contribution in [0.3, 0.4) is 0 Å². The molecular weight excluding hydrogens is 200 g/mol. The van der Waals surface area contributed by atoms with Gasteiger partial charge in [-0.25, -0.2) is 4.79 Å². The van der Waals surface area contributed by atoms with Gasteiger partial charge in [0.05, 0.1) is 5.56 Å². The normalized spacial score (nSPS) is 16.1. The number of rotatable bonds is 2. The lowest BCUT2D eigenvalue weighted by atomic mass is 9.96. The van der Waals surface area contributed by atoms with E-state index in [0.717, 1.165) is 19.3 Å². The molecule has 2 rings (SSSR count). The molecule has 0 saturated heterocycles. The number of carbonyl (C=O) groups is 1. The highest BCUT2D eigenvalue weighted by Crippen LogP contribution is 2.23. The van der Waals surface area contributed by atoms with Gasteiger partial charge >= 0.3 is 5.97 Å². The molecule has 1 aromatic carbocycles. The molecule has 74 valence electrons. The largest absolute Gasteiger partial charge is 0.459 e. The van der Waals surface area contributed by atoms with Gasteiger partial charge in [0.25, 0.3) is 0 Å². The van der Waals surface area contributed by atoms with Crippen LogP contribution in [0.5, 0.6) is 0 Å². The van der Waals surface area contributed by atoms with Crippen LogP contribution in [-0.2, 0) is 4.74 Å². The van der Waals surface area contributed by atoms with Gasteiger partial charge in [-0.3, -0.25) is 0 Å². The van der Waals surface area contributed by atoms with Crippen LogP contribution >= 0.6 is 11.6 Å². The third-order valence-corrected chi connectivity index (χ3v) is 2.62. The number of halogens is 1. The second-order valence-corrected chi connectivity index (χ2v) is 3.91. The maximum Gasteiger partial charge on any atom is 0.338 e. The molecule has 1 aliphatic rings. The molecule has 0 radical (unpaired) electrons. The molecule has 0 heterocycles. The second kappa shape index (κ2) is 4.01. The van der Waals surface area contributed by atoms with Crippen molar-refractivity contribution in [2.75, 3.05) is 0 Å². The molecular formula is C11H11ClO2. The quantitative estimate of drug-likeness (QED) is 0.702. The summed E-state index contributed by atoms with van der Waals surface area (Å²) in [5.74, 6) is -0.266. The fourth-order valence-electron chi connectivity index (χ4n) is 1.32. The van der Waals surface area contributed by atoms with Crippen molar-refractivity contribution in [3.63, 3.8) is 0 Å². The van der Waals surface area contributed by atoms with Gasteiger partial charge in [-0.15, -0.1) is 0 Å². The van der Waals surface area contributed by atoms with Gasteiger partial charge in [0, 0.05) is 5.02 Å². The van der Waals surface area contributed by atoms with Crippen LogP contribution < -0.4 is 0 Å². The first-order chi connectivity index (χ1) is 6.75. The molecule has 0 bridgehead atoms. The Labute approximate surface area is 87.8 Å². The predicted molar refractivity (Wildman–Crippen MR) is 54.5 cm³/mol. The van der Waals surface area contributed by atoms with Crippen LogP contribution in [0.2, 0.25) is 5.02 Å². The van der Waals surface area contributed by atoms with Gasteiger partial charge in [-0.2, -0.15) is 0 Å². The van der Waals surface area contributed by atoms with Gasteiger partial charge in [0.15, 0.2) is 0 Å². The lowest BCUT2D eigenvalue weighted by Crippen LogP contribution is -2.24. The molecule has 1 fully saturated rings. The fourth-order valence-corrected chi connectivity index (χ4v) is 1.51. The van der Waals surface area contributed by atoms with Gasteiger partial charge < -0.3 is 4.74 Å². The Morgan fingerprint density at radius 1 is 1.43 bits per heavy atom. The smallest absolute Gasteiger partial charge is 0.338 e. The number of esters is 1. The number of hydrogen-bond acceptors (Lipinski definition) is 2. The molecule has 2 nitrogen and oxygen atoms in total. The van der Waals surface area contributed by atoms with Crippen molar-refractivity contribution in [1.82, 2.24) is 0 Å². The Morgan fingerprint density at radius 3 is 2.79 bits per heavy atom.